The van der Waals surface area contributed by atoms with Crippen LogP contribution in [0.15, 0.2) is 71.4 Å². The number of hydrogen-bond donors (Lipinski definition) is 1. The number of fused-ring (bicyclic) bond motifs is 1. The van der Waals surface area contributed by atoms with Gasteiger partial charge in [0.05, 0.1) is 19.1 Å². The fourth-order valence-electron chi connectivity index (χ4n) is 3.22. The summed E-state index contributed by atoms with van der Waals surface area (Å²) in [6.07, 6.45) is 5.94. The molecular formula is C24H23NO6S. The molecule has 0 atom stereocenters. The Morgan fingerprint density at radius 3 is 2.12 bits per heavy atom. The van der Waals surface area contributed by atoms with Gasteiger partial charge in [-0.15, -0.1) is 0 Å². The fraction of sp³-hybridized carbons (Fsp3) is 0.167. The summed E-state index contributed by atoms with van der Waals surface area (Å²) in [7, 11) is -0.861. The van der Waals surface area contributed by atoms with Gasteiger partial charge in [0.1, 0.15) is 0 Å². The smallest absolute Gasteiger partial charge is 0.294 e. The highest BCUT2D eigenvalue weighted by Gasteiger charge is 2.27. The predicted molar refractivity (Wildman–Crippen MR) is 121 cm³/mol. The number of aryl methyl sites for hydroxylation is 1. The van der Waals surface area contributed by atoms with E-state index in [1.165, 1.54) is 12.1 Å². The lowest BCUT2D eigenvalue weighted by Crippen LogP contribution is -1.97. The highest BCUT2D eigenvalue weighted by molar-refractivity contribution is 7.85. The van der Waals surface area contributed by atoms with Crippen LogP contribution in [0.3, 0.4) is 0 Å². The number of carbonyl (C=O) groups is 1. The van der Waals surface area contributed by atoms with Crippen molar-refractivity contribution in [2.75, 3.05) is 14.2 Å². The number of carbonyl (C=O) groups excluding carboxylic acids is 1. The molecular weight excluding hydrogens is 430 g/mol. The highest BCUT2D eigenvalue weighted by Crippen LogP contribution is 2.36. The van der Waals surface area contributed by atoms with Crippen LogP contribution in [0.1, 0.15) is 27.0 Å². The third kappa shape index (κ3) is 5.40. The molecule has 3 aromatic rings. The van der Waals surface area contributed by atoms with Gasteiger partial charge in [0.15, 0.2) is 17.3 Å². The quantitative estimate of drug-likeness (QED) is 0.467. The number of nitrogens with zero attached hydrogens (tertiary/aromatic N) is 1. The number of rotatable bonds is 4. The minimum Gasteiger partial charge on any atom is -0.493 e. The summed E-state index contributed by atoms with van der Waals surface area (Å²) in [5, 5.41) is 0. The Hall–Kier alpha value is -3.49. The van der Waals surface area contributed by atoms with E-state index < -0.39 is 10.1 Å². The van der Waals surface area contributed by atoms with Crippen LogP contribution >= 0.6 is 0 Å². The topological polar surface area (TPSA) is 103 Å². The minimum absolute atomic E-state index is 0.0442. The first-order chi connectivity index (χ1) is 15.2. The molecule has 0 fully saturated rings. The number of aromatic nitrogens is 1. The highest BCUT2D eigenvalue weighted by atomic mass is 32.2. The molecule has 0 spiro atoms. The molecule has 1 aliphatic carbocycles. The van der Waals surface area contributed by atoms with Gasteiger partial charge in [-0.1, -0.05) is 17.7 Å². The van der Waals surface area contributed by atoms with Gasteiger partial charge >= 0.3 is 0 Å². The van der Waals surface area contributed by atoms with Crippen molar-refractivity contribution in [3.05, 3.63) is 88.8 Å². The van der Waals surface area contributed by atoms with Crippen molar-refractivity contribution in [2.45, 2.75) is 18.2 Å². The molecule has 0 aliphatic heterocycles. The molecule has 8 heteroatoms. The second-order valence-corrected chi connectivity index (χ2v) is 8.53. The first-order valence-electron chi connectivity index (χ1n) is 9.67. The maximum Gasteiger partial charge on any atom is 0.294 e. The van der Waals surface area contributed by atoms with E-state index in [0.717, 1.165) is 22.3 Å². The molecule has 4 rings (SSSR count). The van der Waals surface area contributed by atoms with Crippen molar-refractivity contribution in [1.82, 2.24) is 4.98 Å². The first-order valence-corrected chi connectivity index (χ1v) is 11.1. The zero-order valence-corrected chi connectivity index (χ0v) is 18.7. The third-order valence-electron chi connectivity index (χ3n) is 4.89. The first kappa shape index (κ1) is 23.2. The molecule has 0 amide bonds. The van der Waals surface area contributed by atoms with Gasteiger partial charge < -0.3 is 9.47 Å². The molecule has 0 saturated carbocycles. The van der Waals surface area contributed by atoms with Crippen LogP contribution in [0, 0.1) is 6.92 Å². The Morgan fingerprint density at radius 2 is 1.56 bits per heavy atom. The Balaban J connectivity index is 0.000000222. The van der Waals surface area contributed by atoms with Crippen molar-refractivity contribution >= 4 is 22.0 Å². The monoisotopic (exact) mass is 453 g/mol. The van der Waals surface area contributed by atoms with E-state index in [0.29, 0.717) is 23.5 Å². The molecule has 1 aromatic heterocycles. The van der Waals surface area contributed by atoms with E-state index in [9.17, 15) is 13.2 Å². The average molecular weight is 454 g/mol. The van der Waals surface area contributed by atoms with Crippen LogP contribution in [0.5, 0.6) is 11.5 Å². The number of Topliss-reactive ketones (excluding diaryl/α,β-unsaturated/α-hetero) is 1. The fourth-order valence-corrected chi connectivity index (χ4v) is 3.70. The standard InChI is InChI=1S/C17H15NO3.C7H8O3S/c1-20-15-9-12-8-13(7-11-3-5-18-6-4-11)17(19)14(12)10-16(15)21-2;1-6-2-4-7(5-3-6)11(8,9)10/h3-7,9-10H,8H2,1-2H3;2-5H,1H3,(H,8,9,10)/b13-7+;. The lowest BCUT2D eigenvalue weighted by atomic mass is 10.1. The summed E-state index contributed by atoms with van der Waals surface area (Å²) in [6.45, 7) is 1.84. The second kappa shape index (κ2) is 9.76. The van der Waals surface area contributed by atoms with Crippen LogP contribution in [-0.2, 0) is 16.5 Å². The number of ketones is 1. The van der Waals surface area contributed by atoms with Gasteiger partial charge in [0.25, 0.3) is 10.1 Å². The predicted octanol–water partition coefficient (Wildman–Crippen LogP) is 4.16. The molecule has 166 valence electrons. The number of hydrogen-bond acceptors (Lipinski definition) is 6. The van der Waals surface area contributed by atoms with Gasteiger partial charge in [-0.05, 0) is 60.5 Å². The maximum absolute atomic E-state index is 12.5. The van der Waals surface area contributed by atoms with Crippen molar-refractivity contribution < 1.29 is 27.2 Å². The molecule has 2 aromatic carbocycles. The number of ether oxygens (including phenoxy) is 2. The summed E-state index contributed by atoms with van der Waals surface area (Å²) in [5.41, 5.74) is 4.36. The summed E-state index contributed by atoms with van der Waals surface area (Å²) < 4.78 is 40.1. The normalized spacial score (nSPS) is 13.9. The summed E-state index contributed by atoms with van der Waals surface area (Å²) in [5.74, 6) is 1.27. The molecule has 0 saturated heterocycles. The second-order valence-electron chi connectivity index (χ2n) is 7.11. The van der Waals surface area contributed by atoms with E-state index in [4.69, 9.17) is 14.0 Å². The summed E-state index contributed by atoms with van der Waals surface area (Å²) >= 11 is 0. The van der Waals surface area contributed by atoms with Crippen molar-refractivity contribution in [3.8, 4) is 11.5 Å². The zero-order valence-electron chi connectivity index (χ0n) is 17.9. The lowest BCUT2D eigenvalue weighted by molar-refractivity contribution is 0.104. The summed E-state index contributed by atoms with van der Waals surface area (Å²) in [4.78, 5) is 16.4. The van der Waals surface area contributed by atoms with Gasteiger partial charge in [0, 0.05) is 30.0 Å². The van der Waals surface area contributed by atoms with E-state index in [2.05, 4.69) is 4.98 Å². The van der Waals surface area contributed by atoms with Gasteiger partial charge in [-0.3, -0.25) is 14.3 Å². The van der Waals surface area contributed by atoms with E-state index in [1.807, 2.05) is 31.2 Å². The van der Waals surface area contributed by atoms with Gasteiger partial charge in [-0.2, -0.15) is 8.42 Å². The zero-order chi connectivity index (χ0) is 23.3. The minimum atomic E-state index is -4.02. The molecule has 1 aliphatic rings. The van der Waals surface area contributed by atoms with Crippen molar-refractivity contribution in [2.24, 2.45) is 0 Å². The molecule has 0 bridgehead atoms. The number of pyridine rings is 1. The average Bonchev–Trinajstić information content (AvgIpc) is 3.08. The third-order valence-corrected chi connectivity index (χ3v) is 5.76. The SMILES string of the molecule is COc1cc2c(cc1OC)C(=O)/C(=C/c1ccncc1)C2.Cc1ccc(S(=O)(=O)O)cc1. The lowest BCUT2D eigenvalue weighted by Gasteiger charge is -2.08. The van der Waals surface area contributed by atoms with Gasteiger partial charge in [-0.25, -0.2) is 0 Å². The Labute approximate surface area is 187 Å². The largest absolute Gasteiger partial charge is 0.493 e. The van der Waals surface area contributed by atoms with Gasteiger partial charge in [0.2, 0.25) is 0 Å². The number of allylic oxidation sites excluding steroid dienone is 1. The Kier molecular flexibility index (Phi) is 7.07. The molecule has 1 N–H and O–H groups in total. The maximum atomic E-state index is 12.5. The van der Waals surface area contributed by atoms with Crippen LogP contribution in [0.2, 0.25) is 0 Å². The molecule has 0 radical (unpaired) electrons. The van der Waals surface area contributed by atoms with Crippen LogP contribution < -0.4 is 9.47 Å². The van der Waals surface area contributed by atoms with E-state index in [-0.39, 0.29) is 10.7 Å². The van der Waals surface area contributed by atoms with E-state index >= 15 is 0 Å². The molecule has 32 heavy (non-hydrogen) atoms. The molecule has 1 heterocycles. The van der Waals surface area contributed by atoms with Crippen LogP contribution in [0.4, 0.5) is 0 Å². The van der Waals surface area contributed by atoms with Crippen LogP contribution in [0.25, 0.3) is 6.08 Å². The Morgan fingerprint density at radius 1 is 0.969 bits per heavy atom. The van der Waals surface area contributed by atoms with Crippen molar-refractivity contribution in [1.29, 1.82) is 0 Å². The van der Waals surface area contributed by atoms with Crippen molar-refractivity contribution in [3.63, 3.8) is 0 Å². The number of methoxy groups -OCH3 is 2. The molecule has 0 unspecified atom stereocenters. The number of benzene rings is 2. The molecule has 7 nitrogen and oxygen atoms in total. The van der Waals surface area contributed by atoms with E-state index in [1.54, 1.807) is 44.8 Å². The summed E-state index contributed by atoms with van der Waals surface area (Å²) in [6, 6.07) is 13.4. The van der Waals surface area contributed by atoms with Crippen LogP contribution in [-0.4, -0.2) is 38.0 Å². The Bertz CT molecular complexity index is 1250.